The molecule has 0 bridgehead atoms. The third kappa shape index (κ3) is 1.59. The highest BCUT2D eigenvalue weighted by Gasteiger charge is 2.53. The van der Waals surface area contributed by atoms with Crippen molar-refractivity contribution in [2.24, 2.45) is 28.6 Å². The molecule has 2 rings (SSSR count). The minimum absolute atomic E-state index is 0.0576. The number of carbonyl (C=O) groups excluding carboxylic acids is 1. The van der Waals surface area contributed by atoms with Gasteiger partial charge in [0, 0.05) is 6.04 Å². The monoisotopic (exact) mass is 226 g/mol. The van der Waals surface area contributed by atoms with Crippen molar-refractivity contribution in [1.29, 1.82) is 0 Å². The number of nitrogens with zero attached hydrogens (tertiary/aromatic N) is 1. The van der Waals surface area contributed by atoms with Crippen LogP contribution in [-0.2, 0) is 14.4 Å². The molecule has 1 aliphatic heterocycles. The van der Waals surface area contributed by atoms with Crippen LogP contribution in [0.2, 0.25) is 0 Å². The number of fused-ring (bicyclic) bond motifs is 1. The predicted octanol–water partition coefficient (Wildman–Crippen LogP) is 0.534. The van der Waals surface area contributed by atoms with Crippen molar-refractivity contribution in [2.45, 2.75) is 32.4 Å². The van der Waals surface area contributed by atoms with Crippen LogP contribution in [0.4, 0.5) is 0 Å². The van der Waals surface area contributed by atoms with Gasteiger partial charge in [0.25, 0.3) is 0 Å². The van der Waals surface area contributed by atoms with Crippen molar-refractivity contribution in [2.75, 3.05) is 7.11 Å². The molecule has 0 spiro atoms. The summed E-state index contributed by atoms with van der Waals surface area (Å²) in [6.07, 6.45) is 0.396. The number of hydrogen-bond acceptors (Lipinski definition) is 5. The lowest BCUT2D eigenvalue weighted by molar-refractivity contribution is -0.149. The second-order valence-electron chi connectivity index (χ2n) is 4.80. The van der Waals surface area contributed by atoms with E-state index in [0.29, 0.717) is 12.3 Å². The molecule has 4 atom stereocenters. The van der Waals surface area contributed by atoms with Crippen LogP contribution >= 0.6 is 0 Å². The summed E-state index contributed by atoms with van der Waals surface area (Å²) in [6.45, 7) is 4.12. The van der Waals surface area contributed by atoms with E-state index in [0.717, 1.165) is 5.71 Å². The molecular formula is C11H18N2O3. The first-order valence-electron chi connectivity index (χ1n) is 5.63. The van der Waals surface area contributed by atoms with E-state index in [-0.39, 0.29) is 30.0 Å². The van der Waals surface area contributed by atoms with Gasteiger partial charge in [-0.2, -0.15) is 0 Å². The minimum Gasteiger partial charge on any atom is -0.469 e. The molecule has 0 radical (unpaired) electrons. The molecule has 2 aliphatic rings. The van der Waals surface area contributed by atoms with Gasteiger partial charge >= 0.3 is 5.97 Å². The molecule has 0 aromatic heterocycles. The van der Waals surface area contributed by atoms with E-state index >= 15 is 0 Å². The van der Waals surface area contributed by atoms with E-state index in [9.17, 15) is 4.79 Å². The van der Waals surface area contributed by atoms with E-state index in [1.807, 2.05) is 0 Å². The molecule has 90 valence electrons. The highest BCUT2D eigenvalue weighted by molar-refractivity contribution is 5.92. The Morgan fingerprint density at radius 3 is 2.88 bits per heavy atom. The normalized spacial score (nSPS) is 36.9. The smallest absolute Gasteiger partial charge is 0.312 e. The van der Waals surface area contributed by atoms with Crippen molar-refractivity contribution in [3.63, 3.8) is 0 Å². The Bertz CT molecular complexity index is 327. The third-order valence-electron chi connectivity index (χ3n) is 3.45. The lowest BCUT2D eigenvalue weighted by atomic mass is 9.89. The summed E-state index contributed by atoms with van der Waals surface area (Å²) in [5, 5.41) is 4.07. The summed E-state index contributed by atoms with van der Waals surface area (Å²) in [5.41, 5.74) is 7.04. The van der Waals surface area contributed by atoms with Gasteiger partial charge in [0.2, 0.25) is 0 Å². The molecule has 0 aromatic rings. The van der Waals surface area contributed by atoms with Crippen molar-refractivity contribution in [3.05, 3.63) is 0 Å². The lowest BCUT2D eigenvalue weighted by Crippen LogP contribution is -2.36. The molecule has 5 nitrogen and oxygen atoms in total. The fourth-order valence-electron chi connectivity index (χ4n) is 2.65. The molecule has 4 unspecified atom stereocenters. The minimum atomic E-state index is -0.273. The lowest BCUT2D eigenvalue weighted by Gasteiger charge is -2.16. The second-order valence-corrected chi connectivity index (χ2v) is 4.80. The average Bonchev–Trinajstić information content (AvgIpc) is 2.79. The molecule has 1 heterocycles. The molecule has 1 fully saturated rings. The second kappa shape index (κ2) is 4.05. The van der Waals surface area contributed by atoms with Crippen LogP contribution in [0, 0.1) is 17.8 Å². The number of nitrogens with two attached hydrogens (primary N) is 1. The molecule has 0 saturated heterocycles. The number of methoxy groups -OCH3 is 1. The molecule has 2 N–H and O–H groups in total. The van der Waals surface area contributed by atoms with Crippen molar-refractivity contribution in [3.8, 4) is 0 Å². The Kier molecular flexibility index (Phi) is 2.88. The predicted molar refractivity (Wildman–Crippen MR) is 58.7 cm³/mol. The van der Waals surface area contributed by atoms with Crippen LogP contribution in [-0.4, -0.2) is 30.9 Å². The van der Waals surface area contributed by atoms with Crippen LogP contribution < -0.4 is 5.73 Å². The Labute approximate surface area is 95.0 Å². The van der Waals surface area contributed by atoms with Gasteiger partial charge in [0.15, 0.2) is 6.10 Å². The number of rotatable bonds is 2. The SMILES string of the molecule is COC(=O)C1CC(N)C2C(C(C)C)=NOC12. The Balaban J connectivity index is 2.17. The maximum absolute atomic E-state index is 11.6. The van der Waals surface area contributed by atoms with E-state index in [1.54, 1.807) is 0 Å². The van der Waals surface area contributed by atoms with E-state index in [1.165, 1.54) is 7.11 Å². The fraction of sp³-hybridized carbons (Fsp3) is 0.818. The van der Waals surface area contributed by atoms with Crippen molar-refractivity contribution >= 4 is 11.7 Å². The third-order valence-corrected chi connectivity index (χ3v) is 3.45. The zero-order chi connectivity index (χ0) is 11.9. The number of oxime groups is 1. The van der Waals surface area contributed by atoms with Gasteiger partial charge in [0.05, 0.1) is 24.7 Å². The molecule has 16 heavy (non-hydrogen) atoms. The topological polar surface area (TPSA) is 73.9 Å². The molecule has 0 amide bonds. The molecule has 1 aliphatic carbocycles. The summed E-state index contributed by atoms with van der Waals surface area (Å²) in [4.78, 5) is 16.9. The largest absolute Gasteiger partial charge is 0.469 e. The van der Waals surface area contributed by atoms with E-state index in [4.69, 9.17) is 15.3 Å². The highest BCUT2D eigenvalue weighted by Crippen LogP contribution is 2.40. The van der Waals surface area contributed by atoms with Crippen LogP contribution in [0.25, 0.3) is 0 Å². The number of ether oxygens (including phenoxy) is 1. The zero-order valence-corrected chi connectivity index (χ0v) is 9.84. The number of esters is 1. The maximum Gasteiger partial charge on any atom is 0.312 e. The Morgan fingerprint density at radius 1 is 1.62 bits per heavy atom. The first-order valence-corrected chi connectivity index (χ1v) is 5.63. The molecule has 1 saturated carbocycles. The fourth-order valence-corrected chi connectivity index (χ4v) is 2.65. The average molecular weight is 226 g/mol. The van der Waals surface area contributed by atoms with Crippen LogP contribution in [0.15, 0.2) is 5.16 Å². The Hall–Kier alpha value is -1.10. The summed E-state index contributed by atoms with van der Waals surface area (Å²) >= 11 is 0. The van der Waals surface area contributed by atoms with Gasteiger partial charge < -0.3 is 15.3 Å². The van der Waals surface area contributed by atoms with Crippen LogP contribution in [0.1, 0.15) is 20.3 Å². The summed E-state index contributed by atoms with van der Waals surface area (Å²) < 4.78 is 4.76. The molecule has 5 heteroatoms. The van der Waals surface area contributed by atoms with Crippen molar-refractivity contribution in [1.82, 2.24) is 0 Å². The first-order chi connectivity index (χ1) is 7.56. The zero-order valence-electron chi connectivity index (χ0n) is 9.84. The van der Waals surface area contributed by atoms with Crippen LogP contribution in [0.3, 0.4) is 0 Å². The van der Waals surface area contributed by atoms with E-state index in [2.05, 4.69) is 19.0 Å². The van der Waals surface area contributed by atoms with E-state index < -0.39 is 0 Å². The van der Waals surface area contributed by atoms with Gasteiger partial charge in [-0.1, -0.05) is 19.0 Å². The summed E-state index contributed by atoms with van der Waals surface area (Å²) in [6, 6.07) is -0.0576. The highest BCUT2D eigenvalue weighted by atomic mass is 16.6. The van der Waals surface area contributed by atoms with Crippen molar-refractivity contribution < 1.29 is 14.4 Å². The first kappa shape index (κ1) is 11.4. The quantitative estimate of drug-likeness (QED) is 0.697. The van der Waals surface area contributed by atoms with Gasteiger partial charge in [-0.3, -0.25) is 4.79 Å². The number of carbonyl (C=O) groups is 1. The van der Waals surface area contributed by atoms with Gasteiger partial charge in [-0.25, -0.2) is 0 Å². The van der Waals surface area contributed by atoms with Crippen LogP contribution in [0.5, 0.6) is 0 Å². The summed E-state index contributed by atoms with van der Waals surface area (Å²) in [5.74, 6) is -0.144. The van der Waals surface area contributed by atoms with Gasteiger partial charge in [-0.15, -0.1) is 0 Å². The number of hydrogen-bond donors (Lipinski definition) is 1. The Morgan fingerprint density at radius 2 is 2.31 bits per heavy atom. The standard InChI is InChI=1S/C11H18N2O3/c1-5(2)9-8-7(12)4-6(11(14)15-3)10(8)16-13-9/h5-8,10H,4,12H2,1-3H3. The summed E-state index contributed by atoms with van der Waals surface area (Å²) in [7, 11) is 1.39. The molecular weight excluding hydrogens is 208 g/mol. The van der Waals surface area contributed by atoms with Gasteiger partial charge in [0.1, 0.15) is 0 Å². The molecule has 0 aromatic carbocycles. The maximum atomic E-state index is 11.6. The van der Waals surface area contributed by atoms with Gasteiger partial charge in [-0.05, 0) is 12.3 Å².